The van der Waals surface area contributed by atoms with Crippen molar-refractivity contribution in [3.05, 3.63) is 35.4 Å². The smallest absolute Gasteiger partial charge is 0.176 e. The zero-order valence-electron chi connectivity index (χ0n) is 8.93. The number of carbonyl (C=O) groups is 1. The Hall–Kier alpha value is -1.33. The first-order chi connectivity index (χ1) is 7.63. The lowest BCUT2D eigenvalue weighted by atomic mass is 10.1. The standard InChI is InChI=1S/C11H13F2NO2/c1-16-3-2-14-7-11(15)8-4-9(12)6-10(13)5-8/h4-6,14H,2-3,7H2,1H3. The lowest BCUT2D eigenvalue weighted by molar-refractivity contribution is 0.0986. The van der Waals surface area contributed by atoms with Crippen molar-refractivity contribution in [2.75, 3.05) is 26.8 Å². The number of methoxy groups -OCH3 is 1. The van der Waals surface area contributed by atoms with E-state index in [1.165, 1.54) is 0 Å². The van der Waals surface area contributed by atoms with Gasteiger partial charge in [0, 0.05) is 25.3 Å². The van der Waals surface area contributed by atoms with Gasteiger partial charge in [-0.15, -0.1) is 0 Å². The number of hydrogen-bond donors (Lipinski definition) is 1. The molecule has 1 aromatic carbocycles. The molecule has 0 aliphatic heterocycles. The van der Waals surface area contributed by atoms with Crippen molar-refractivity contribution in [2.24, 2.45) is 0 Å². The topological polar surface area (TPSA) is 38.3 Å². The minimum absolute atomic E-state index is 0.0300. The maximum absolute atomic E-state index is 12.8. The molecule has 0 aromatic heterocycles. The molecule has 0 saturated heterocycles. The average molecular weight is 229 g/mol. The fraction of sp³-hybridized carbons (Fsp3) is 0.364. The minimum Gasteiger partial charge on any atom is -0.383 e. The summed E-state index contributed by atoms with van der Waals surface area (Å²) in [6, 6.07) is 2.77. The van der Waals surface area contributed by atoms with Crippen LogP contribution in [-0.2, 0) is 4.74 Å². The van der Waals surface area contributed by atoms with Crippen LogP contribution in [0, 0.1) is 11.6 Å². The molecule has 0 aliphatic carbocycles. The van der Waals surface area contributed by atoms with Crippen LogP contribution in [0.25, 0.3) is 0 Å². The molecule has 0 saturated carbocycles. The SMILES string of the molecule is COCCNCC(=O)c1cc(F)cc(F)c1. The summed E-state index contributed by atoms with van der Waals surface area (Å²) in [5.74, 6) is -1.85. The molecule has 0 atom stereocenters. The molecule has 16 heavy (non-hydrogen) atoms. The molecular formula is C11H13F2NO2. The molecule has 0 unspecified atom stereocenters. The number of nitrogens with one attached hydrogen (secondary N) is 1. The van der Waals surface area contributed by atoms with Crippen LogP contribution < -0.4 is 5.32 Å². The van der Waals surface area contributed by atoms with Crippen molar-refractivity contribution in [1.29, 1.82) is 0 Å². The molecule has 0 aliphatic rings. The molecule has 0 heterocycles. The molecule has 5 heteroatoms. The van der Waals surface area contributed by atoms with Gasteiger partial charge in [0.1, 0.15) is 11.6 Å². The van der Waals surface area contributed by atoms with Gasteiger partial charge < -0.3 is 10.1 Å². The third-order valence-corrected chi connectivity index (χ3v) is 1.95. The van der Waals surface area contributed by atoms with Crippen molar-refractivity contribution < 1.29 is 18.3 Å². The van der Waals surface area contributed by atoms with Crippen LogP contribution in [0.4, 0.5) is 8.78 Å². The first kappa shape index (κ1) is 12.7. The second-order valence-electron chi connectivity index (χ2n) is 3.25. The monoisotopic (exact) mass is 229 g/mol. The van der Waals surface area contributed by atoms with Crippen LogP contribution >= 0.6 is 0 Å². The van der Waals surface area contributed by atoms with E-state index >= 15 is 0 Å². The quantitative estimate of drug-likeness (QED) is 0.591. The van der Waals surface area contributed by atoms with Crippen molar-refractivity contribution in [3.63, 3.8) is 0 Å². The molecule has 1 aromatic rings. The molecule has 0 bridgehead atoms. The minimum atomic E-state index is -0.750. The number of ketones is 1. The number of Topliss-reactive ketones (excluding diaryl/α,β-unsaturated/α-hetero) is 1. The van der Waals surface area contributed by atoms with Crippen LogP contribution in [0.3, 0.4) is 0 Å². The summed E-state index contributed by atoms with van der Waals surface area (Å²) in [5, 5.41) is 2.80. The highest BCUT2D eigenvalue weighted by molar-refractivity contribution is 5.97. The van der Waals surface area contributed by atoms with E-state index in [4.69, 9.17) is 4.74 Å². The van der Waals surface area contributed by atoms with Gasteiger partial charge in [-0.1, -0.05) is 0 Å². The zero-order valence-corrected chi connectivity index (χ0v) is 8.93. The van der Waals surface area contributed by atoms with Crippen molar-refractivity contribution in [2.45, 2.75) is 0 Å². The van der Waals surface area contributed by atoms with Gasteiger partial charge in [0.15, 0.2) is 5.78 Å². The molecule has 3 nitrogen and oxygen atoms in total. The molecule has 1 rings (SSSR count). The fourth-order valence-electron chi connectivity index (χ4n) is 1.19. The van der Waals surface area contributed by atoms with E-state index < -0.39 is 11.6 Å². The summed E-state index contributed by atoms with van der Waals surface area (Å²) >= 11 is 0. The van der Waals surface area contributed by atoms with Gasteiger partial charge in [-0.25, -0.2) is 8.78 Å². The zero-order chi connectivity index (χ0) is 12.0. The van der Waals surface area contributed by atoms with E-state index in [-0.39, 0.29) is 17.9 Å². The van der Waals surface area contributed by atoms with Gasteiger partial charge in [-0.05, 0) is 12.1 Å². The highest BCUT2D eigenvalue weighted by Gasteiger charge is 2.08. The Kier molecular flexibility index (Phi) is 5.01. The normalized spacial score (nSPS) is 10.4. The Morgan fingerprint density at radius 1 is 1.31 bits per heavy atom. The van der Waals surface area contributed by atoms with Gasteiger partial charge >= 0.3 is 0 Å². The number of benzene rings is 1. The molecule has 0 spiro atoms. The molecule has 0 radical (unpaired) electrons. The Bertz CT molecular complexity index is 349. The third kappa shape index (κ3) is 4.04. The number of rotatable bonds is 6. The predicted octanol–water partition coefficient (Wildman–Crippen LogP) is 1.38. The molecule has 0 amide bonds. The average Bonchev–Trinajstić information content (AvgIpc) is 2.22. The number of halogens is 2. The van der Waals surface area contributed by atoms with Crippen LogP contribution in [0.2, 0.25) is 0 Å². The Labute approximate surface area is 92.4 Å². The largest absolute Gasteiger partial charge is 0.383 e. The van der Waals surface area contributed by atoms with E-state index in [1.54, 1.807) is 7.11 Å². The number of hydrogen-bond acceptors (Lipinski definition) is 3. The van der Waals surface area contributed by atoms with Gasteiger partial charge in [0.25, 0.3) is 0 Å². The van der Waals surface area contributed by atoms with Gasteiger partial charge in [0.2, 0.25) is 0 Å². The molecule has 0 fully saturated rings. The van der Waals surface area contributed by atoms with Crippen LogP contribution in [0.1, 0.15) is 10.4 Å². The summed E-state index contributed by atoms with van der Waals surface area (Å²) < 4.78 is 30.4. The second kappa shape index (κ2) is 6.30. The van der Waals surface area contributed by atoms with Gasteiger partial charge in [0.05, 0.1) is 13.2 Å². The number of carbonyl (C=O) groups excluding carboxylic acids is 1. The third-order valence-electron chi connectivity index (χ3n) is 1.95. The molecule has 88 valence electrons. The van der Waals surface area contributed by atoms with E-state index in [0.29, 0.717) is 13.2 Å². The van der Waals surface area contributed by atoms with E-state index in [1.807, 2.05) is 0 Å². The van der Waals surface area contributed by atoms with Crippen molar-refractivity contribution >= 4 is 5.78 Å². The highest BCUT2D eigenvalue weighted by atomic mass is 19.1. The van der Waals surface area contributed by atoms with Crippen molar-refractivity contribution in [1.82, 2.24) is 5.32 Å². The van der Waals surface area contributed by atoms with E-state index in [0.717, 1.165) is 18.2 Å². The van der Waals surface area contributed by atoms with Gasteiger partial charge in [-0.3, -0.25) is 4.79 Å². The first-order valence-corrected chi connectivity index (χ1v) is 4.82. The summed E-state index contributed by atoms with van der Waals surface area (Å²) in [6.45, 7) is 1.02. The summed E-state index contributed by atoms with van der Waals surface area (Å²) in [6.07, 6.45) is 0. The highest BCUT2D eigenvalue weighted by Crippen LogP contribution is 2.08. The predicted molar refractivity (Wildman–Crippen MR) is 55.4 cm³/mol. The Morgan fingerprint density at radius 2 is 1.94 bits per heavy atom. The fourth-order valence-corrected chi connectivity index (χ4v) is 1.19. The maximum atomic E-state index is 12.8. The lowest BCUT2D eigenvalue weighted by Crippen LogP contribution is -2.26. The van der Waals surface area contributed by atoms with Crippen LogP contribution in [0.5, 0.6) is 0 Å². The number of ether oxygens (including phenoxy) is 1. The Balaban J connectivity index is 2.52. The molecular weight excluding hydrogens is 216 g/mol. The summed E-state index contributed by atoms with van der Waals surface area (Å²) in [4.78, 5) is 11.5. The molecule has 1 N–H and O–H groups in total. The second-order valence-corrected chi connectivity index (χ2v) is 3.25. The van der Waals surface area contributed by atoms with E-state index in [2.05, 4.69) is 5.32 Å². The van der Waals surface area contributed by atoms with Gasteiger partial charge in [-0.2, -0.15) is 0 Å². The van der Waals surface area contributed by atoms with Crippen molar-refractivity contribution in [3.8, 4) is 0 Å². The first-order valence-electron chi connectivity index (χ1n) is 4.82. The Morgan fingerprint density at radius 3 is 2.50 bits per heavy atom. The summed E-state index contributed by atoms with van der Waals surface area (Å²) in [7, 11) is 1.55. The summed E-state index contributed by atoms with van der Waals surface area (Å²) in [5.41, 5.74) is 0.0300. The van der Waals surface area contributed by atoms with Crippen LogP contribution in [-0.4, -0.2) is 32.6 Å². The van der Waals surface area contributed by atoms with Crippen LogP contribution in [0.15, 0.2) is 18.2 Å². The maximum Gasteiger partial charge on any atom is 0.176 e. The lowest BCUT2D eigenvalue weighted by Gasteiger charge is -2.04. The van der Waals surface area contributed by atoms with E-state index in [9.17, 15) is 13.6 Å².